The molecule has 0 atom stereocenters. The smallest absolute Gasteiger partial charge is 0.224 e. The molecule has 96 valence electrons. The van der Waals surface area contributed by atoms with Gasteiger partial charge in [0.15, 0.2) is 0 Å². The molecular formula is C11H15ClN6. The highest BCUT2D eigenvalue weighted by molar-refractivity contribution is 6.32. The lowest BCUT2D eigenvalue weighted by Gasteiger charge is -2.08. The molecule has 2 aromatic heterocycles. The van der Waals surface area contributed by atoms with Crippen LogP contribution in [-0.2, 0) is 6.54 Å². The van der Waals surface area contributed by atoms with Crippen molar-refractivity contribution in [3.05, 3.63) is 29.7 Å². The van der Waals surface area contributed by atoms with E-state index in [0.717, 1.165) is 19.5 Å². The molecule has 0 fully saturated rings. The Morgan fingerprint density at radius 2 is 2.33 bits per heavy atom. The molecule has 0 bridgehead atoms. The highest BCUT2D eigenvalue weighted by Gasteiger charge is 2.03. The minimum absolute atomic E-state index is 0.521. The van der Waals surface area contributed by atoms with E-state index in [2.05, 4.69) is 25.7 Å². The van der Waals surface area contributed by atoms with Crippen LogP contribution in [0.3, 0.4) is 0 Å². The van der Waals surface area contributed by atoms with Crippen LogP contribution in [-0.4, -0.2) is 33.3 Å². The van der Waals surface area contributed by atoms with E-state index in [4.69, 9.17) is 11.6 Å². The van der Waals surface area contributed by atoms with Crippen molar-refractivity contribution in [1.82, 2.24) is 19.7 Å². The van der Waals surface area contributed by atoms with Crippen molar-refractivity contribution in [1.29, 1.82) is 0 Å². The molecule has 0 unspecified atom stereocenters. The van der Waals surface area contributed by atoms with E-state index in [1.165, 1.54) is 0 Å². The minimum Gasteiger partial charge on any atom is -0.369 e. The summed E-state index contributed by atoms with van der Waals surface area (Å²) in [6.07, 6.45) is 6.23. The Hall–Kier alpha value is -1.82. The fraction of sp³-hybridized carbons (Fsp3) is 0.364. The maximum absolute atomic E-state index is 6.00. The van der Waals surface area contributed by atoms with Crippen LogP contribution in [0.4, 0.5) is 11.8 Å². The van der Waals surface area contributed by atoms with Crippen molar-refractivity contribution < 1.29 is 0 Å². The van der Waals surface area contributed by atoms with Gasteiger partial charge in [0.05, 0.1) is 6.20 Å². The molecule has 6 nitrogen and oxygen atoms in total. The first kappa shape index (κ1) is 12.6. The fourth-order valence-electron chi connectivity index (χ4n) is 1.49. The molecule has 0 spiro atoms. The monoisotopic (exact) mass is 266 g/mol. The van der Waals surface area contributed by atoms with Crippen molar-refractivity contribution in [2.75, 3.05) is 24.2 Å². The molecule has 0 amide bonds. The van der Waals surface area contributed by atoms with Gasteiger partial charge < -0.3 is 10.6 Å². The molecule has 2 aromatic rings. The minimum atomic E-state index is 0.521. The van der Waals surface area contributed by atoms with Crippen LogP contribution in [0.15, 0.2) is 24.7 Å². The molecule has 7 heteroatoms. The lowest BCUT2D eigenvalue weighted by atomic mass is 10.4. The van der Waals surface area contributed by atoms with Gasteiger partial charge >= 0.3 is 0 Å². The zero-order valence-corrected chi connectivity index (χ0v) is 10.9. The summed E-state index contributed by atoms with van der Waals surface area (Å²) in [5, 5.41) is 10.7. The predicted octanol–water partition coefficient (Wildman–Crippen LogP) is 1.87. The first-order valence-electron chi connectivity index (χ1n) is 5.71. The Balaban J connectivity index is 1.82. The van der Waals surface area contributed by atoms with Gasteiger partial charge in [-0.3, -0.25) is 4.68 Å². The summed E-state index contributed by atoms with van der Waals surface area (Å²) < 4.78 is 1.89. The van der Waals surface area contributed by atoms with E-state index in [9.17, 15) is 0 Å². The van der Waals surface area contributed by atoms with Crippen LogP contribution in [0, 0.1) is 0 Å². The second kappa shape index (κ2) is 6.20. The molecule has 2 rings (SSSR count). The second-order valence-corrected chi connectivity index (χ2v) is 4.10. The van der Waals surface area contributed by atoms with Crippen LogP contribution in [0.1, 0.15) is 6.42 Å². The number of aryl methyl sites for hydroxylation is 1. The third kappa shape index (κ3) is 3.33. The fourth-order valence-corrected chi connectivity index (χ4v) is 1.65. The van der Waals surface area contributed by atoms with Crippen LogP contribution in [0.5, 0.6) is 0 Å². The predicted molar refractivity (Wildman–Crippen MR) is 71.9 cm³/mol. The zero-order valence-electron chi connectivity index (χ0n) is 10.1. The second-order valence-electron chi connectivity index (χ2n) is 3.69. The maximum Gasteiger partial charge on any atom is 0.224 e. The molecule has 0 aromatic carbocycles. The van der Waals surface area contributed by atoms with E-state index in [1.54, 1.807) is 19.4 Å². The Morgan fingerprint density at radius 3 is 3.06 bits per heavy atom. The summed E-state index contributed by atoms with van der Waals surface area (Å²) in [6, 6.07) is 1.91. The molecule has 2 heterocycles. The third-order valence-electron chi connectivity index (χ3n) is 2.38. The van der Waals surface area contributed by atoms with Gasteiger partial charge in [-0.25, -0.2) is 4.98 Å². The van der Waals surface area contributed by atoms with Crippen molar-refractivity contribution in [2.45, 2.75) is 13.0 Å². The van der Waals surface area contributed by atoms with Crippen LogP contribution in [0.25, 0.3) is 0 Å². The number of hydrogen-bond acceptors (Lipinski definition) is 5. The lowest BCUT2D eigenvalue weighted by Crippen LogP contribution is -2.09. The topological polar surface area (TPSA) is 67.7 Å². The van der Waals surface area contributed by atoms with E-state index >= 15 is 0 Å². The van der Waals surface area contributed by atoms with Crippen LogP contribution < -0.4 is 10.6 Å². The molecule has 0 saturated heterocycles. The molecule has 0 aliphatic rings. The quantitative estimate of drug-likeness (QED) is 0.782. The highest BCUT2D eigenvalue weighted by Crippen LogP contribution is 2.18. The average molecular weight is 267 g/mol. The Kier molecular flexibility index (Phi) is 4.35. The SMILES string of the molecule is CNc1ncc(Cl)c(NCCCn2cccn2)n1. The summed E-state index contributed by atoms with van der Waals surface area (Å²) in [5.74, 6) is 1.20. The van der Waals surface area contributed by atoms with Crippen molar-refractivity contribution >= 4 is 23.4 Å². The van der Waals surface area contributed by atoms with Crippen molar-refractivity contribution in [2.24, 2.45) is 0 Å². The summed E-state index contributed by atoms with van der Waals surface area (Å²) in [7, 11) is 1.77. The summed E-state index contributed by atoms with van der Waals surface area (Å²) in [5.41, 5.74) is 0. The van der Waals surface area contributed by atoms with Gasteiger partial charge in [-0.1, -0.05) is 11.6 Å². The number of rotatable bonds is 6. The van der Waals surface area contributed by atoms with Crippen molar-refractivity contribution in [3.63, 3.8) is 0 Å². The maximum atomic E-state index is 6.00. The molecule has 0 saturated carbocycles. The largest absolute Gasteiger partial charge is 0.369 e. The van der Waals surface area contributed by atoms with E-state index < -0.39 is 0 Å². The van der Waals surface area contributed by atoms with E-state index in [1.807, 2.05) is 16.9 Å². The Labute approximate surface area is 110 Å². The van der Waals surface area contributed by atoms with E-state index in [0.29, 0.717) is 16.8 Å². The molecule has 0 aliphatic carbocycles. The number of hydrogen-bond donors (Lipinski definition) is 2. The standard InChI is InChI=1S/C11H15ClN6/c1-13-11-15-8-9(12)10(17-11)14-4-2-6-18-7-3-5-16-18/h3,5,7-8H,2,4,6H2,1H3,(H2,13,14,15,17). The first-order valence-corrected chi connectivity index (χ1v) is 6.09. The number of nitrogens with one attached hydrogen (secondary N) is 2. The molecule has 0 radical (unpaired) electrons. The average Bonchev–Trinajstić information content (AvgIpc) is 2.89. The molecule has 18 heavy (non-hydrogen) atoms. The summed E-state index contributed by atoms with van der Waals surface area (Å²) in [6.45, 7) is 1.64. The normalized spacial score (nSPS) is 10.3. The van der Waals surface area contributed by atoms with Gasteiger partial charge in [0.1, 0.15) is 10.8 Å². The first-order chi connectivity index (χ1) is 8.79. The summed E-state index contributed by atoms with van der Waals surface area (Å²) >= 11 is 6.00. The van der Waals surface area contributed by atoms with Gasteiger partial charge in [-0.05, 0) is 12.5 Å². The number of anilines is 2. The number of aromatic nitrogens is 4. The van der Waals surface area contributed by atoms with Crippen LogP contribution in [0.2, 0.25) is 5.02 Å². The van der Waals surface area contributed by atoms with Gasteiger partial charge in [-0.2, -0.15) is 10.1 Å². The van der Waals surface area contributed by atoms with Gasteiger partial charge in [-0.15, -0.1) is 0 Å². The highest BCUT2D eigenvalue weighted by atomic mass is 35.5. The Morgan fingerprint density at radius 1 is 1.44 bits per heavy atom. The molecule has 2 N–H and O–H groups in total. The third-order valence-corrected chi connectivity index (χ3v) is 2.66. The molecule has 0 aliphatic heterocycles. The summed E-state index contributed by atoms with van der Waals surface area (Å²) in [4.78, 5) is 8.26. The number of nitrogens with zero attached hydrogens (tertiary/aromatic N) is 4. The number of halogens is 1. The van der Waals surface area contributed by atoms with Crippen molar-refractivity contribution in [3.8, 4) is 0 Å². The van der Waals surface area contributed by atoms with Gasteiger partial charge in [0.2, 0.25) is 5.95 Å². The lowest BCUT2D eigenvalue weighted by molar-refractivity contribution is 0.591. The van der Waals surface area contributed by atoms with Gasteiger partial charge in [0, 0.05) is 32.5 Å². The van der Waals surface area contributed by atoms with Crippen LogP contribution >= 0.6 is 11.6 Å². The molecular weight excluding hydrogens is 252 g/mol. The van der Waals surface area contributed by atoms with E-state index in [-0.39, 0.29) is 0 Å². The Bertz CT molecular complexity index is 484. The zero-order chi connectivity index (χ0) is 12.8. The van der Waals surface area contributed by atoms with Gasteiger partial charge in [0.25, 0.3) is 0 Å².